The van der Waals surface area contributed by atoms with Crippen molar-refractivity contribution in [3.63, 3.8) is 0 Å². The Balaban J connectivity index is 2.87. The molecule has 0 spiro atoms. The van der Waals surface area contributed by atoms with Crippen LogP contribution in [0.5, 0.6) is 0 Å². The van der Waals surface area contributed by atoms with Gasteiger partial charge >= 0.3 is 0 Å². The molecule has 0 aliphatic carbocycles. The molecule has 25 heavy (non-hydrogen) atoms. The second-order valence-corrected chi connectivity index (χ2v) is 7.51. The molecule has 0 aliphatic rings. The first-order valence-electron chi connectivity index (χ1n) is 8.19. The zero-order chi connectivity index (χ0) is 18.9. The first-order valence-corrected chi connectivity index (χ1v) is 9.67. The molecule has 8 heteroatoms. The van der Waals surface area contributed by atoms with Crippen molar-refractivity contribution in [2.45, 2.75) is 37.1 Å². The third-order valence-electron chi connectivity index (χ3n) is 4.01. The van der Waals surface area contributed by atoms with Crippen LogP contribution in [0, 0.1) is 0 Å². The van der Waals surface area contributed by atoms with E-state index in [-0.39, 0.29) is 23.3 Å². The van der Waals surface area contributed by atoms with Crippen LogP contribution in [0.2, 0.25) is 0 Å². The maximum atomic E-state index is 12.7. The van der Waals surface area contributed by atoms with Gasteiger partial charge in [-0.05, 0) is 37.6 Å². The Labute approximate surface area is 149 Å². The molecule has 1 rings (SSSR count). The lowest BCUT2D eigenvalue weighted by Crippen LogP contribution is -2.42. The predicted octanol–water partition coefficient (Wildman–Crippen LogP) is 1.30. The number of amides is 1. The molecule has 140 valence electrons. The number of hydroxylamine groups is 1. The fourth-order valence-corrected chi connectivity index (χ4v) is 3.32. The van der Waals surface area contributed by atoms with E-state index >= 15 is 0 Å². The van der Waals surface area contributed by atoms with E-state index < -0.39 is 10.0 Å². The van der Waals surface area contributed by atoms with Gasteiger partial charge in [0.05, 0.1) is 11.3 Å². The summed E-state index contributed by atoms with van der Waals surface area (Å²) in [6.07, 6.45) is 3.25. The fraction of sp³-hybridized carbons (Fsp3) is 0.471. The van der Waals surface area contributed by atoms with E-state index in [0.717, 1.165) is 12.0 Å². The number of nitrogens with zero attached hydrogens (tertiary/aromatic N) is 1. The van der Waals surface area contributed by atoms with Crippen molar-refractivity contribution in [2.75, 3.05) is 20.1 Å². The van der Waals surface area contributed by atoms with Crippen molar-refractivity contribution in [1.82, 2.24) is 15.1 Å². The third kappa shape index (κ3) is 6.24. The Morgan fingerprint density at radius 3 is 2.48 bits per heavy atom. The Morgan fingerprint density at radius 2 is 2.00 bits per heavy atom. The Bertz CT molecular complexity index is 659. The Morgan fingerprint density at radius 1 is 1.36 bits per heavy atom. The van der Waals surface area contributed by atoms with Crippen molar-refractivity contribution in [1.29, 1.82) is 0 Å². The predicted molar refractivity (Wildman–Crippen MR) is 96.8 cm³/mol. The summed E-state index contributed by atoms with van der Waals surface area (Å²) in [6, 6.07) is 6.25. The quantitative estimate of drug-likeness (QED) is 0.403. The van der Waals surface area contributed by atoms with Crippen LogP contribution in [0.1, 0.15) is 25.3 Å². The van der Waals surface area contributed by atoms with Crippen molar-refractivity contribution in [2.24, 2.45) is 0 Å². The molecule has 0 bridgehead atoms. The molecule has 1 aromatic rings. The topological polar surface area (TPSA) is 98.7 Å². The molecule has 1 atom stereocenters. The summed E-state index contributed by atoms with van der Waals surface area (Å²) in [6.45, 7) is 6.52. The standard InChI is InChI=1S/C17H27N3O4S/c1-4-12-20(15(5-2)10-11-19-22)17(21)13-14-6-8-16(9-7-14)25(23,24)18-3/h4,6-9,15,18-19,22H,1,5,10-13H2,2-3H3. The molecular formula is C17H27N3O4S. The van der Waals surface area contributed by atoms with E-state index in [1.54, 1.807) is 23.1 Å². The monoisotopic (exact) mass is 369 g/mol. The summed E-state index contributed by atoms with van der Waals surface area (Å²) >= 11 is 0. The molecule has 7 nitrogen and oxygen atoms in total. The molecule has 0 aliphatic heterocycles. The summed E-state index contributed by atoms with van der Waals surface area (Å²) in [5.74, 6) is -0.0612. The normalized spacial score (nSPS) is 12.6. The van der Waals surface area contributed by atoms with Crippen LogP contribution in [0.3, 0.4) is 0 Å². The molecule has 0 aromatic heterocycles. The third-order valence-corrected chi connectivity index (χ3v) is 5.44. The highest BCUT2D eigenvalue weighted by molar-refractivity contribution is 7.89. The second kappa shape index (κ2) is 10.3. The second-order valence-electron chi connectivity index (χ2n) is 5.62. The van der Waals surface area contributed by atoms with Crippen LogP contribution in [-0.4, -0.2) is 50.6 Å². The van der Waals surface area contributed by atoms with E-state index in [2.05, 4.69) is 16.8 Å². The van der Waals surface area contributed by atoms with Gasteiger partial charge in [-0.2, -0.15) is 0 Å². The number of carbonyl (C=O) groups is 1. The zero-order valence-corrected chi connectivity index (χ0v) is 15.6. The van der Waals surface area contributed by atoms with Crippen molar-refractivity contribution >= 4 is 15.9 Å². The van der Waals surface area contributed by atoms with Gasteiger partial charge in [-0.3, -0.25) is 4.79 Å². The van der Waals surface area contributed by atoms with Gasteiger partial charge in [0.2, 0.25) is 15.9 Å². The summed E-state index contributed by atoms with van der Waals surface area (Å²) in [5.41, 5.74) is 2.86. The summed E-state index contributed by atoms with van der Waals surface area (Å²) in [5, 5.41) is 8.78. The van der Waals surface area contributed by atoms with Crippen molar-refractivity contribution in [3.8, 4) is 0 Å². The van der Waals surface area contributed by atoms with Gasteiger partial charge in [0.25, 0.3) is 0 Å². The molecule has 0 heterocycles. The van der Waals surface area contributed by atoms with E-state index in [9.17, 15) is 13.2 Å². The lowest BCUT2D eigenvalue weighted by atomic mass is 10.1. The number of sulfonamides is 1. The Hall–Kier alpha value is -1.74. The summed E-state index contributed by atoms with van der Waals surface area (Å²) < 4.78 is 25.7. The summed E-state index contributed by atoms with van der Waals surface area (Å²) in [7, 11) is -2.13. The minimum Gasteiger partial charge on any atom is -0.336 e. The molecule has 0 saturated carbocycles. The highest BCUT2D eigenvalue weighted by atomic mass is 32.2. The van der Waals surface area contributed by atoms with Crippen LogP contribution in [0.25, 0.3) is 0 Å². The minimum absolute atomic E-state index is 0.00547. The van der Waals surface area contributed by atoms with Gasteiger partial charge in [0, 0.05) is 19.1 Å². The lowest BCUT2D eigenvalue weighted by molar-refractivity contribution is -0.132. The van der Waals surface area contributed by atoms with Gasteiger partial charge in [0.1, 0.15) is 0 Å². The molecule has 0 saturated heterocycles. The highest BCUT2D eigenvalue weighted by Crippen LogP contribution is 2.14. The molecule has 1 aromatic carbocycles. The van der Waals surface area contributed by atoms with Crippen molar-refractivity contribution in [3.05, 3.63) is 42.5 Å². The Kier molecular flexibility index (Phi) is 8.77. The van der Waals surface area contributed by atoms with Crippen LogP contribution < -0.4 is 10.2 Å². The van der Waals surface area contributed by atoms with Gasteiger partial charge in [-0.15, -0.1) is 6.58 Å². The minimum atomic E-state index is -3.49. The fourth-order valence-electron chi connectivity index (χ4n) is 2.59. The van der Waals surface area contributed by atoms with Crippen LogP contribution >= 0.6 is 0 Å². The van der Waals surface area contributed by atoms with Crippen LogP contribution in [0.15, 0.2) is 41.8 Å². The maximum absolute atomic E-state index is 12.7. The van der Waals surface area contributed by atoms with E-state index in [1.165, 1.54) is 19.2 Å². The maximum Gasteiger partial charge on any atom is 0.240 e. The highest BCUT2D eigenvalue weighted by Gasteiger charge is 2.21. The van der Waals surface area contributed by atoms with Crippen LogP contribution in [-0.2, 0) is 21.2 Å². The van der Waals surface area contributed by atoms with Gasteiger partial charge in [-0.1, -0.05) is 25.1 Å². The zero-order valence-electron chi connectivity index (χ0n) is 14.7. The molecule has 1 amide bonds. The average molecular weight is 369 g/mol. The number of hydrogen-bond acceptors (Lipinski definition) is 5. The lowest BCUT2D eigenvalue weighted by Gasteiger charge is -2.30. The van der Waals surface area contributed by atoms with Gasteiger partial charge in [-0.25, -0.2) is 18.6 Å². The molecule has 0 radical (unpaired) electrons. The molecule has 3 N–H and O–H groups in total. The van der Waals surface area contributed by atoms with E-state index in [1.807, 2.05) is 6.92 Å². The van der Waals surface area contributed by atoms with Gasteiger partial charge < -0.3 is 10.1 Å². The molecule has 1 unspecified atom stereocenters. The number of nitrogens with one attached hydrogen (secondary N) is 2. The van der Waals surface area contributed by atoms with Gasteiger partial charge in [0.15, 0.2) is 0 Å². The molecular weight excluding hydrogens is 342 g/mol. The average Bonchev–Trinajstić information content (AvgIpc) is 2.61. The van der Waals surface area contributed by atoms with E-state index in [4.69, 9.17) is 5.21 Å². The first-order chi connectivity index (χ1) is 11.9. The molecule has 0 fully saturated rings. The number of hydrogen-bond donors (Lipinski definition) is 3. The smallest absolute Gasteiger partial charge is 0.240 e. The number of rotatable bonds is 11. The number of benzene rings is 1. The largest absolute Gasteiger partial charge is 0.336 e. The SMILES string of the molecule is C=CCN(C(=O)Cc1ccc(S(=O)(=O)NC)cc1)C(CC)CCNO. The van der Waals surface area contributed by atoms with Crippen molar-refractivity contribution < 1.29 is 18.4 Å². The van der Waals surface area contributed by atoms with Crippen LogP contribution in [0.4, 0.5) is 0 Å². The number of carbonyl (C=O) groups excluding carboxylic acids is 1. The summed E-state index contributed by atoms with van der Waals surface area (Å²) in [4.78, 5) is 14.6. The van der Waals surface area contributed by atoms with E-state index in [0.29, 0.717) is 19.5 Å². The first kappa shape index (κ1) is 21.3.